The van der Waals surface area contributed by atoms with E-state index in [1.165, 1.54) is 29.0 Å². The lowest BCUT2D eigenvalue weighted by atomic mass is 9.65. The molecule has 3 fully saturated rings. The van der Waals surface area contributed by atoms with Crippen LogP contribution in [-0.2, 0) is 11.3 Å². The number of carbonyl (C=O) groups is 1. The summed E-state index contributed by atoms with van der Waals surface area (Å²) in [6, 6.07) is 8.67. The second-order valence-corrected chi connectivity index (χ2v) is 9.99. The van der Waals surface area contributed by atoms with Crippen molar-refractivity contribution >= 4 is 27.5 Å². The Kier molecular flexibility index (Phi) is 5.11. The molecule has 2 unspecified atom stereocenters. The average molecular weight is 399 g/mol. The quantitative estimate of drug-likeness (QED) is 0.863. The fourth-order valence-corrected chi connectivity index (χ4v) is 6.56. The third-order valence-electron chi connectivity index (χ3n) is 7.14. The summed E-state index contributed by atoms with van der Waals surface area (Å²) >= 11 is 1.79. The smallest absolute Gasteiger partial charge is 0.225 e. The first-order chi connectivity index (χ1) is 13.7. The van der Waals surface area contributed by atoms with Gasteiger partial charge in [0.15, 0.2) is 0 Å². The number of thiazole rings is 1. The number of aromatic nitrogens is 1. The molecule has 6 heteroatoms. The molecule has 2 atom stereocenters. The van der Waals surface area contributed by atoms with Crippen LogP contribution >= 0.6 is 11.3 Å². The van der Waals surface area contributed by atoms with Gasteiger partial charge in [0.25, 0.3) is 0 Å². The number of hydrogen-bond acceptors (Lipinski definition) is 5. The Morgan fingerprint density at radius 2 is 1.82 bits per heavy atom. The summed E-state index contributed by atoms with van der Waals surface area (Å²) in [7, 11) is 0. The second kappa shape index (κ2) is 7.73. The summed E-state index contributed by atoms with van der Waals surface area (Å²) in [6.45, 7) is 4.48. The lowest BCUT2D eigenvalue weighted by Crippen LogP contribution is -2.53. The highest BCUT2D eigenvalue weighted by Crippen LogP contribution is 2.42. The molecule has 2 heterocycles. The largest absolute Gasteiger partial charge is 0.340 e. The predicted octanol–water partition coefficient (Wildman–Crippen LogP) is 3.09. The minimum Gasteiger partial charge on any atom is -0.340 e. The molecule has 150 valence electrons. The molecule has 2 saturated carbocycles. The van der Waals surface area contributed by atoms with E-state index in [4.69, 9.17) is 10.7 Å². The van der Waals surface area contributed by atoms with Gasteiger partial charge in [-0.25, -0.2) is 4.98 Å². The van der Waals surface area contributed by atoms with Gasteiger partial charge < -0.3 is 10.6 Å². The fraction of sp³-hybridized carbons (Fsp3) is 0.636. The van der Waals surface area contributed by atoms with E-state index in [9.17, 15) is 4.79 Å². The number of hydrogen-bond donors (Lipinski definition) is 1. The van der Waals surface area contributed by atoms with Crippen LogP contribution in [-0.4, -0.2) is 52.9 Å². The van der Waals surface area contributed by atoms with Gasteiger partial charge in [0.05, 0.1) is 16.8 Å². The predicted molar refractivity (Wildman–Crippen MR) is 113 cm³/mol. The molecular weight excluding hydrogens is 368 g/mol. The van der Waals surface area contributed by atoms with E-state index >= 15 is 0 Å². The van der Waals surface area contributed by atoms with E-state index < -0.39 is 0 Å². The molecular formula is C22H30N4OS. The van der Waals surface area contributed by atoms with E-state index in [1.54, 1.807) is 11.3 Å². The highest BCUT2D eigenvalue weighted by molar-refractivity contribution is 7.18. The number of para-hydroxylation sites is 1. The molecule has 2 aromatic rings. The van der Waals surface area contributed by atoms with Crippen molar-refractivity contribution in [2.45, 2.75) is 44.7 Å². The molecule has 2 bridgehead atoms. The molecule has 2 N–H and O–H groups in total. The zero-order valence-electron chi connectivity index (χ0n) is 16.4. The van der Waals surface area contributed by atoms with Crippen molar-refractivity contribution in [2.24, 2.45) is 23.5 Å². The molecule has 5 rings (SSSR count). The van der Waals surface area contributed by atoms with Crippen LogP contribution in [0.4, 0.5) is 0 Å². The molecule has 2 aliphatic carbocycles. The topological polar surface area (TPSA) is 62.5 Å². The summed E-state index contributed by atoms with van der Waals surface area (Å²) in [6.07, 6.45) is 5.77. The van der Waals surface area contributed by atoms with Gasteiger partial charge in [-0.2, -0.15) is 0 Å². The molecule has 1 aromatic carbocycles. The monoisotopic (exact) mass is 398 g/mol. The van der Waals surface area contributed by atoms with Gasteiger partial charge in [0.2, 0.25) is 5.91 Å². The van der Waals surface area contributed by atoms with Gasteiger partial charge in [0, 0.05) is 38.1 Å². The Morgan fingerprint density at radius 3 is 2.54 bits per heavy atom. The number of carbonyl (C=O) groups excluding carboxylic acids is 1. The summed E-state index contributed by atoms with van der Waals surface area (Å²) in [5.41, 5.74) is 7.50. The van der Waals surface area contributed by atoms with Crippen molar-refractivity contribution in [2.75, 3.05) is 26.2 Å². The third-order valence-corrected chi connectivity index (χ3v) is 8.16. The van der Waals surface area contributed by atoms with E-state index in [2.05, 4.69) is 28.0 Å². The van der Waals surface area contributed by atoms with Crippen molar-refractivity contribution in [1.29, 1.82) is 0 Å². The molecule has 28 heavy (non-hydrogen) atoms. The van der Waals surface area contributed by atoms with Gasteiger partial charge in [-0.1, -0.05) is 18.6 Å². The maximum Gasteiger partial charge on any atom is 0.225 e. The first-order valence-corrected chi connectivity index (χ1v) is 11.6. The molecule has 0 spiro atoms. The number of fused-ring (bicyclic) bond motifs is 3. The van der Waals surface area contributed by atoms with Crippen molar-refractivity contribution in [3.63, 3.8) is 0 Å². The van der Waals surface area contributed by atoms with Crippen LogP contribution in [0.15, 0.2) is 24.3 Å². The standard InChI is InChI=1S/C22H30N4OS/c23-21-15-4-3-5-16(21)13-17(12-15)22(27)26-10-8-25(9-11-26)14-20-24-18-6-1-2-7-19(18)28-20/h1-2,6-7,15-17,21H,3-5,8-14,23H2. The highest BCUT2D eigenvalue weighted by atomic mass is 32.1. The summed E-state index contributed by atoms with van der Waals surface area (Å²) in [5.74, 6) is 1.75. The Bertz CT molecular complexity index is 797. The lowest BCUT2D eigenvalue weighted by Gasteiger charge is -2.45. The third kappa shape index (κ3) is 3.58. The van der Waals surface area contributed by atoms with E-state index in [1.807, 2.05) is 6.07 Å². The van der Waals surface area contributed by atoms with E-state index in [0.717, 1.165) is 51.1 Å². The number of benzene rings is 1. The van der Waals surface area contributed by atoms with E-state index in [-0.39, 0.29) is 5.92 Å². The fourth-order valence-electron chi connectivity index (χ4n) is 5.55. The maximum absolute atomic E-state index is 13.1. The van der Waals surface area contributed by atoms with Crippen LogP contribution in [0.3, 0.4) is 0 Å². The van der Waals surface area contributed by atoms with Gasteiger partial charge in [-0.05, 0) is 49.7 Å². The van der Waals surface area contributed by atoms with E-state index in [0.29, 0.717) is 23.8 Å². The summed E-state index contributed by atoms with van der Waals surface area (Å²) in [4.78, 5) is 22.4. The van der Waals surface area contributed by atoms with Gasteiger partial charge in [0.1, 0.15) is 5.01 Å². The Hall–Kier alpha value is -1.50. The van der Waals surface area contributed by atoms with Crippen molar-refractivity contribution in [1.82, 2.24) is 14.8 Å². The van der Waals surface area contributed by atoms with Crippen molar-refractivity contribution < 1.29 is 4.79 Å². The molecule has 3 aliphatic rings. The Labute approximate surface area is 170 Å². The number of rotatable bonds is 3. The molecule has 0 radical (unpaired) electrons. The molecule has 1 saturated heterocycles. The lowest BCUT2D eigenvalue weighted by molar-refractivity contribution is -0.140. The maximum atomic E-state index is 13.1. The van der Waals surface area contributed by atoms with Crippen LogP contribution in [0.25, 0.3) is 10.2 Å². The molecule has 1 aromatic heterocycles. The van der Waals surface area contributed by atoms with Crippen molar-refractivity contribution in [3.8, 4) is 0 Å². The van der Waals surface area contributed by atoms with Crippen LogP contribution in [0, 0.1) is 17.8 Å². The molecule has 1 aliphatic heterocycles. The minimum atomic E-state index is 0.214. The normalized spacial score (nSPS) is 31.2. The van der Waals surface area contributed by atoms with Gasteiger partial charge in [-0.3, -0.25) is 9.69 Å². The number of amides is 1. The zero-order valence-corrected chi connectivity index (χ0v) is 17.2. The minimum absolute atomic E-state index is 0.214. The Morgan fingerprint density at radius 1 is 1.11 bits per heavy atom. The first-order valence-electron chi connectivity index (χ1n) is 10.8. The van der Waals surface area contributed by atoms with Crippen molar-refractivity contribution in [3.05, 3.63) is 29.3 Å². The SMILES string of the molecule is NC1C2CCCC1CC(C(=O)N1CCN(Cc3nc4ccccc4s3)CC1)C2. The zero-order chi connectivity index (χ0) is 19.1. The summed E-state index contributed by atoms with van der Waals surface area (Å²) < 4.78 is 1.26. The van der Waals surface area contributed by atoms with Crippen LogP contribution in [0.1, 0.15) is 37.1 Å². The number of nitrogens with zero attached hydrogens (tertiary/aromatic N) is 3. The number of piperazine rings is 1. The van der Waals surface area contributed by atoms with Gasteiger partial charge in [-0.15, -0.1) is 11.3 Å². The van der Waals surface area contributed by atoms with Crippen LogP contribution < -0.4 is 5.73 Å². The average Bonchev–Trinajstić information content (AvgIpc) is 3.10. The molecule has 1 amide bonds. The second-order valence-electron chi connectivity index (χ2n) is 8.87. The molecule has 5 nitrogen and oxygen atoms in total. The van der Waals surface area contributed by atoms with Gasteiger partial charge >= 0.3 is 0 Å². The number of nitrogens with two attached hydrogens (primary N) is 1. The Balaban J connectivity index is 1.16. The van der Waals surface area contributed by atoms with Crippen LogP contribution in [0.5, 0.6) is 0 Å². The van der Waals surface area contributed by atoms with Crippen LogP contribution in [0.2, 0.25) is 0 Å². The summed E-state index contributed by atoms with van der Waals surface area (Å²) in [5, 5.41) is 1.18. The highest BCUT2D eigenvalue weighted by Gasteiger charge is 2.41. The first kappa shape index (κ1) is 18.5.